The Morgan fingerprint density at radius 1 is 0.278 bits per heavy atom. The first kappa shape index (κ1) is 95.1. The lowest BCUT2D eigenvalue weighted by Crippen LogP contribution is -2.30. The van der Waals surface area contributed by atoms with Gasteiger partial charge >= 0.3 is 39.5 Å². The van der Waals surface area contributed by atoms with Gasteiger partial charge in [0.05, 0.1) is 26.4 Å². The number of rotatable bonds is 76. The summed E-state index contributed by atoms with van der Waals surface area (Å²) < 4.78 is 68.6. The van der Waals surface area contributed by atoms with Crippen molar-refractivity contribution in [2.24, 2.45) is 17.8 Å². The molecule has 97 heavy (non-hydrogen) atoms. The normalized spacial score (nSPS) is 14.0. The number of carbonyl (C=O) groups is 4. The Balaban J connectivity index is 5.24. The van der Waals surface area contributed by atoms with Gasteiger partial charge in [0.2, 0.25) is 0 Å². The van der Waals surface area contributed by atoms with Gasteiger partial charge in [0.25, 0.3) is 0 Å². The number of aliphatic hydroxyl groups is 1. The molecule has 2 unspecified atom stereocenters. The molecular weight excluding hydrogens is 1270 g/mol. The van der Waals surface area contributed by atoms with E-state index >= 15 is 0 Å². The van der Waals surface area contributed by atoms with Crippen molar-refractivity contribution in [1.82, 2.24) is 0 Å². The lowest BCUT2D eigenvalue weighted by atomic mass is 10.0. The maximum absolute atomic E-state index is 13.1. The van der Waals surface area contributed by atoms with E-state index in [4.69, 9.17) is 37.0 Å². The summed E-state index contributed by atoms with van der Waals surface area (Å²) in [5.41, 5.74) is 0. The number of phosphoric acid groups is 2. The fourth-order valence-corrected chi connectivity index (χ4v) is 13.5. The molecule has 0 aliphatic heterocycles. The van der Waals surface area contributed by atoms with Crippen molar-refractivity contribution in [2.75, 3.05) is 39.6 Å². The zero-order chi connectivity index (χ0) is 71.6. The molecule has 0 saturated heterocycles. The van der Waals surface area contributed by atoms with Gasteiger partial charge in [0.1, 0.15) is 19.3 Å². The van der Waals surface area contributed by atoms with E-state index in [1.165, 1.54) is 212 Å². The van der Waals surface area contributed by atoms with E-state index in [1.54, 1.807) is 0 Å². The quantitative estimate of drug-likeness (QED) is 0.0222. The molecule has 0 aromatic carbocycles. The third kappa shape index (κ3) is 72.2. The molecule has 0 amide bonds. The Bertz CT molecular complexity index is 1890. The number of aliphatic hydroxyl groups excluding tert-OH is 1. The minimum atomic E-state index is -4.96. The fraction of sp³-hybridized carbons (Fsp3) is 0.949. The van der Waals surface area contributed by atoms with E-state index in [1.807, 2.05) is 0 Å². The van der Waals surface area contributed by atoms with Crippen molar-refractivity contribution in [3.63, 3.8) is 0 Å². The summed E-state index contributed by atoms with van der Waals surface area (Å²) in [5, 5.41) is 10.6. The molecule has 0 rings (SSSR count). The molecule has 0 spiro atoms. The molecule has 0 radical (unpaired) electrons. The smallest absolute Gasteiger partial charge is 0.462 e. The van der Waals surface area contributed by atoms with Gasteiger partial charge in [0.15, 0.2) is 12.2 Å². The maximum Gasteiger partial charge on any atom is 0.472 e. The summed E-state index contributed by atoms with van der Waals surface area (Å²) in [5.74, 6) is 0.205. The minimum absolute atomic E-state index is 0.105. The van der Waals surface area contributed by atoms with Gasteiger partial charge < -0.3 is 33.8 Å². The Kier molecular flexibility index (Phi) is 67.1. The molecule has 17 nitrogen and oxygen atoms in total. The van der Waals surface area contributed by atoms with Crippen molar-refractivity contribution in [2.45, 2.75) is 420 Å². The summed E-state index contributed by atoms with van der Waals surface area (Å²) in [6.07, 6.45) is 55.5. The molecule has 19 heteroatoms. The topological polar surface area (TPSA) is 237 Å². The number of carbonyl (C=O) groups excluding carboxylic acids is 4. The number of hydrogen-bond donors (Lipinski definition) is 3. The number of esters is 4. The van der Waals surface area contributed by atoms with E-state index in [0.717, 1.165) is 108 Å². The van der Waals surface area contributed by atoms with Gasteiger partial charge in [-0.05, 0) is 43.4 Å². The highest BCUT2D eigenvalue weighted by Gasteiger charge is 2.30. The summed E-state index contributed by atoms with van der Waals surface area (Å²) in [4.78, 5) is 72.9. The van der Waals surface area contributed by atoms with Crippen LogP contribution in [0.1, 0.15) is 402 Å². The van der Waals surface area contributed by atoms with Crippen molar-refractivity contribution in [3.05, 3.63) is 0 Å². The van der Waals surface area contributed by atoms with E-state index in [0.29, 0.717) is 25.7 Å². The third-order valence-electron chi connectivity index (χ3n) is 18.1. The highest BCUT2D eigenvalue weighted by atomic mass is 31.2. The summed E-state index contributed by atoms with van der Waals surface area (Å²) in [6, 6.07) is 0. The minimum Gasteiger partial charge on any atom is -0.462 e. The zero-order valence-corrected chi connectivity index (χ0v) is 65.3. The second-order valence-corrected chi connectivity index (χ2v) is 32.4. The molecule has 0 fully saturated rings. The first-order valence-corrected chi connectivity index (χ1v) is 43.3. The van der Waals surface area contributed by atoms with Crippen LogP contribution < -0.4 is 0 Å². The first-order valence-electron chi connectivity index (χ1n) is 40.3. The Morgan fingerprint density at radius 3 is 0.701 bits per heavy atom. The molecule has 0 aromatic rings. The monoisotopic (exact) mass is 1420 g/mol. The second kappa shape index (κ2) is 68.5. The van der Waals surface area contributed by atoms with Crippen molar-refractivity contribution in [3.8, 4) is 0 Å². The van der Waals surface area contributed by atoms with Gasteiger partial charge in [-0.25, -0.2) is 9.13 Å². The van der Waals surface area contributed by atoms with E-state index < -0.39 is 97.5 Å². The lowest BCUT2D eigenvalue weighted by molar-refractivity contribution is -0.161. The van der Waals surface area contributed by atoms with Crippen molar-refractivity contribution < 1.29 is 80.2 Å². The fourth-order valence-electron chi connectivity index (χ4n) is 12.0. The van der Waals surface area contributed by atoms with Gasteiger partial charge in [-0.15, -0.1) is 0 Å². The zero-order valence-electron chi connectivity index (χ0n) is 63.5. The molecule has 0 aliphatic carbocycles. The van der Waals surface area contributed by atoms with Crippen LogP contribution in [0.25, 0.3) is 0 Å². The SMILES string of the molecule is CCCCCCCCCCCCCC(=O)OC[C@H](COP(=O)(O)OC[C@H](O)COP(=O)(O)OC[C@@H](COC(=O)CCCCCCCCCCCCCCCCC(C)C)OC(=O)CCCCCCCCCCCCCCCCCC(C)C)OC(=O)CCCCCCCCCCC(C)C. The number of phosphoric ester groups is 2. The Hall–Kier alpha value is -1.94. The maximum atomic E-state index is 13.1. The molecule has 5 atom stereocenters. The standard InChI is InChI=1S/C78H152O17P2/c1-8-9-10-11-12-13-23-30-38-45-52-59-75(80)88-66-74(95-78(83)62-55-48-41-34-33-37-44-51-58-71(6)7)68-93-97(86,87)91-64-72(79)63-90-96(84,85)92-67-73(65-89-76(81)60-53-46-39-31-26-21-18-17-20-25-29-36-43-50-57-70(4)5)94-77(82)61-54-47-40-32-27-22-16-14-15-19-24-28-35-42-49-56-69(2)3/h69-74,79H,8-68H2,1-7H3,(H,84,85)(H,86,87)/t72-,73-,74-/m1/s1. The van der Waals surface area contributed by atoms with Crippen molar-refractivity contribution in [1.29, 1.82) is 0 Å². The lowest BCUT2D eigenvalue weighted by Gasteiger charge is -2.21. The van der Waals surface area contributed by atoms with Crippen molar-refractivity contribution >= 4 is 39.5 Å². The van der Waals surface area contributed by atoms with Crippen LogP contribution in [-0.4, -0.2) is 96.7 Å². The predicted molar refractivity (Wildman–Crippen MR) is 395 cm³/mol. The van der Waals surface area contributed by atoms with Crippen LogP contribution in [0.15, 0.2) is 0 Å². The van der Waals surface area contributed by atoms with Crippen LogP contribution in [-0.2, 0) is 65.4 Å². The van der Waals surface area contributed by atoms with Crippen LogP contribution >= 0.6 is 15.6 Å². The second-order valence-electron chi connectivity index (χ2n) is 29.5. The number of hydrogen-bond acceptors (Lipinski definition) is 15. The highest BCUT2D eigenvalue weighted by Crippen LogP contribution is 2.45. The van der Waals surface area contributed by atoms with Crippen LogP contribution in [0, 0.1) is 17.8 Å². The van der Waals surface area contributed by atoms with Gasteiger partial charge in [-0.1, -0.05) is 350 Å². The highest BCUT2D eigenvalue weighted by molar-refractivity contribution is 7.47. The molecule has 0 aliphatic rings. The average molecular weight is 1420 g/mol. The molecule has 0 aromatic heterocycles. The predicted octanol–water partition coefficient (Wildman–Crippen LogP) is 23.0. The molecule has 576 valence electrons. The summed E-state index contributed by atoms with van der Waals surface area (Å²) >= 11 is 0. The van der Waals surface area contributed by atoms with E-state index in [-0.39, 0.29) is 25.7 Å². The van der Waals surface area contributed by atoms with Crippen LogP contribution in [0.3, 0.4) is 0 Å². The Morgan fingerprint density at radius 2 is 0.474 bits per heavy atom. The summed E-state index contributed by atoms with van der Waals surface area (Å²) in [7, 11) is -9.91. The Labute approximate surface area is 594 Å². The van der Waals surface area contributed by atoms with Gasteiger partial charge in [-0.2, -0.15) is 0 Å². The van der Waals surface area contributed by atoms with Crippen LogP contribution in [0.2, 0.25) is 0 Å². The van der Waals surface area contributed by atoms with Crippen LogP contribution in [0.5, 0.6) is 0 Å². The van der Waals surface area contributed by atoms with E-state index in [2.05, 4.69) is 48.5 Å². The van der Waals surface area contributed by atoms with Crippen LogP contribution in [0.4, 0.5) is 0 Å². The molecule has 0 heterocycles. The average Bonchev–Trinajstić information content (AvgIpc) is 1.31. The third-order valence-corrected chi connectivity index (χ3v) is 20.0. The largest absolute Gasteiger partial charge is 0.472 e. The van der Waals surface area contributed by atoms with E-state index in [9.17, 15) is 43.2 Å². The number of unbranched alkanes of at least 4 members (excludes halogenated alkanes) is 44. The summed E-state index contributed by atoms with van der Waals surface area (Å²) in [6.45, 7) is 11.9. The van der Waals surface area contributed by atoms with Gasteiger partial charge in [-0.3, -0.25) is 37.3 Å². The molecule has 3 N–H and O–H groups in total. The molecular formula is C78H152O17P2. The van der Waals surface area contributed by atoms with Gasteiger partial charge in [0, 0.05) is 25.7 Å². The first-order chi connectivity index (χ1) is 46.7. The molecule has 0 saturated carbocycles. The number of ether oxygens (including phenoxy) is 4. The molecule has 0 bridgehead atoms.